The molecule has 0 amide bonds. The lowest BCUT2D eigenvalue weighted by Gasteiger charge is -2.21. The summed E-state index contributed by atoms with van der Waals surface area (Å²) in [5.41, 5.74) is 6.37. The number of benzene rings is 2. The van der Waals surface area contributed by atoms with E-state index < -0.39 is 0 Å². The van der Waals surface area contributed by atoms with Crippen molar-refractivity contribution in [2.45, 2.75) is 13.0 Å². The number of hydrogen-bond donors (Lipinski definition) is 0. The molecular formula is C25H26FN7. The van der Waals surface area contributed by atoms with Crippen LogP contribution in [0.1, 0.15) is 12.0 Å². The summed E-state index contributed by atoms with van der Waals surface area (Å²) >= 11 is 0. The third-order valence-corrected chi connectivity index (χ3v) is 6.68. The van der Waals surface area contributed by atoms with Gasteiger partial charge in [-0.25, -0.2) is 4.39 Å². The number of rotatable bonds is 4. The summed E-state index contributed by atoms with van der Waals surface area (Å²) in [6.45, 7) is 3.99. The number of fused-ring (bicyclic) bond motifs is 5. The first-order valence-corrected chi connectivity index (χ1v) is 11.3. The van der Waals surface area contributed by atoms with Crippen LogP contribution in [0.2, 0.25) is 0 Å². The highest BCUT2D eigenvalue weighted by Gasteiger charge is 2.26. The summed E-state index contributed by atoms with van der Waals surface area (Å²) in [6, 6.07) is 15.3. The van der Waals surface area contributed by atoms with Crippen molar-refractivity contribution >= 4 is 5.69 Å². The average Bonchev–Trinajstić information content (AvgIpc) is 3.53. The third-order valence-electron chi connectivity index (χ3n) is 6.68. The maximum atomic E-state index is 13.4. The molecule has 8 heteroatoms. The van der Waals surface area contributed by atoms with Crippen molar-refractivity contribution in [1.29, 1.82) is 0 Å². The minimum absolute atomic E-state index is 0.236. The minimum atomic E-state index is -0.236. The highest BCUT2D eigenvalue weighted by Crippen LogP contribution is 2.35. The fourth-order valence-corrected chi connectivity index (χ4v) is 5.16. The molecule has 1 saturated heterocycles. The molecule has 1 atom stereocenters. The molecule has 4 aromatic rings. The molecule has 7 nitrogen and oxygen atoms in total. The van der Waals surface area contributed by atoms with Gasteiger partial charge in [-0.3, -0.25) is 0 Å². The molecule has 2 aromatic carbocycles. The van der Waals surface area contributed by atoms with Gasteiger partial charge in [-0.15, -0.1) is 5.10 Å². The lowest BCUT2D eigenvalue weighted by molar-refractivity contribution is 0.340. The first kappa shape index (κ1) is 20.1. The molecule has 0 saturated carbocycles. The zero-order chi connectivity index (χ0) is 22.5. The molecule has 2 aromatic heterocycles. The molecule has 0 unspecified atom stereocenters. The van der Waals surface area contributed by atoms with Gasteiger partial charge in [0.1, 0.15) is 5.82 Å². The summed E-state index contributed by atoms with van der Waals surface area (Å²) in [5, 5.41) is 12.6. The number of tetrazole rings is 1. The van der Waals surface area contributed by atoms with Crippen molar-refractivity contribution in [2.24, 2.45) is 5.92 Å². The van der Waals surface area contributed by atoms with Crippen molar-refractivity contribution in [3.63, 3.8) is 0 Å². The number of nitrogens with zero attached hydrogens (tertiary/aromatic N) is 7. The molecule has 0 radical (unpaired) electrons. The Morgan fingerprint density at radius 3 is 2.73 bits per heavy atom. The van der Waals surface area contributed by atoms with Crippen LogP contribution >= 0.6 is 0 Å². The molecule has 33 heavy (non-hydrogen) atoms. The summed E-state index contributed by atoms with van der Waals surface area (Å²) < 4.78 is 17.4. The van der Waals surface area contributed by atoms with Gasteiger partial charge < -0.3 is 14.4 Å². The Morgan fingerprint density at radius 2 is 1.91 bits per heavy atom. The SMILES string of the molecule is CN(C)C[C@H]1CCN(c2ccc3c(c2)Cn2cc(-c4ccc(F)cc4)cc2-c2nnnn2-3)C1. The number of aromatic nitrogens is 5. The lowest BCUT2D eigenvalue weighted by atomic mass is 10.1. The monoisotopic (exact) mass is 443 g/mol. The van der Waals surface area contributed by atoms with Crippen LogP contribution in [0, 0.1) is 11.7 Å². The van der Waals surface area contributed by atoms with E-state index in [1.807, 2.05) is 4.68 Å². The molecule has 0 spiro atoms. The van der Waals surface area contributed by atoms with E-state index in [1.54, 1.807) is 12.1 Å². The molecule has 6 rings (SSSR count). The zero-order valence-electron chi connectivity index (χ0n) is 18.8. The van der Waals surface area contributed by atoms with Gasteiger partial charge in [0.05, 0.1) is 11.4 Å². The lowest BCUT2D eigenvalue weighted by Crippen LogP contribution is -2.25. The number of halogens is 1. The van der Waals surface area contributed by atoms with Crippen molar-refractivity contribution in [3.8, 4) is 28.3 Å². The third kappa shape index (κ3) is 3.60. The summed E-state index contributed by atoms with van der Waals surface area (Å²) in [4.78, 5) is 4.76. The fourth-order valence-electron chi connectivity index (χ4n) is 5.16. The van der Waals surface area contributed by atoms with Crippen LogP contribution in [0.25, 0.3) is 28.3 Å². The predicted molar refractivity (Wildman–Crippen MR) is 126 cm³/mol. The average molecular weight is 444 g/mol. The van der Waals surface area contributed by atoms with Gasteiger partial charge in [0, 0.05) is 43.6 Å². The standard InChI is InChI=1S/C25H26FN7/c1-30(2)13-17-9-10-31(14-17)22-7-8-23-20(11-22)16-32-15-19(18-3-5-21(26)6-4-18)12-24(32)25-27-28-29-33(23)25/h3-8,11-12,15,17H,9-10,13-14,16H2,1-2H3/t17-/m1/s1. The van der Waals surface area contributed by atoms with Crippen molar-refractivity contribution < 1.29 is 4.39 Å². The smallest absolute Gasteiger partial charge is 0.203 e. The molecule has 2 aliphatic rings. The second kappa shape index (κ2) is 7.81. The van der Waals surface area contributed by atoms with Crippen LogP contribution < -0.4 is 4.90 Å². The largest absolute Gasteiger partial charge is 0.371 e. The Morgan fingerprint density at radius 1 is 1.06 bits per heavy atom. The zero-order valence-corrected chi connectivity index (χ0v) is 18.8. The Labute approximate surface area is 192 Å². The minimum Gasteiger partial charge on any atom is -0.371 e. The Kier molecular flexibility index (Phi) is 4.76. The maximum Gasteiger partial charge on any atom is 0.203 e. The second-order valence-electron chi connectivity index (χ2n) is 9.34. The van der Waals surface area contributed by atoms with E-state index in [0.717, 1.165) is 42.1 Å². The molecule has 1 fully saturated rings. The molecule has 0 aliphatic carbocycles. The first-order chi connectivity index (χ1) is 16.0. The molecular weight excluding hydrogens is 417 g/mol. The molecule has 0 N–H and O–H groups in total. The van der Waals surface area contributed by atoms with E-state index >= 15 is 0 Å². The second-order valence-corrected chi connectivity index (χ2v) is 9.34. The molecule has 2 aliphatic heterocycles. The maximum absolute atomic E-state index is 13.4. The first-order valence-electron chi connectivity index (χ1n) is 11.3. The van der Waals surface area contributed by atoms with Gasteiger partial charge in [0.25, 0.3) is 0 Å². The Bertz CT molecular complexity index is 1300. The van der Waals surface area contributed by atoms with Crippen LogP contribution in [-0.2, 0) is 6.54 Å². The summed E-state index contributed by atoms with van der Waals surface area (Å²) in [7, 11) is 4.29. The van der Waals surface area contributed by atoms with E-state index in [2.05, 4.69) is 74.5 Å². The Hall–Kier alpha value is -3.52. The highest BCUT2D eigenvalue weighted by molar-refractivity contribution is 5.71. The topological polar surface area (TPSA) is 55.0 Å². The highest BCUT2D eigenvalue weighted by atomic mass is 19.1. The van der Waals surface area contributed by atoms with Crippen LogP contribution in [0.5, 0.6) is 0 Å². The predicted octanol–water partition coefficient (Wildman–Crippen LogP) is 3.69. The van der Waals surface area contributed by atoms with Crippen LogP contribution in [-0.4, -0.2) is 63.4 Å². The number of anilines is 1. The van der Waals surface area contributed by atoms with Gasteiger partial charge in [-0.1, -0.05) is 12.1 Å². The van der Waals surface area contributed by atoms with Gasteiger partial charge >= 0.3 is 0 Å². The van der Waals surface area contributed by atoms with Crippen molar-refractivity contribution in [3.05, 3.63) is 66.1 Å². The van der Waals surface area contributed by atoms with Crippen LogP contribution in [0.4, 0.5) is 10.1 Å². The molecule has 168 valence electrons. The number of hydrogen-bond acceptors (Lipinski definition) is 5. The summed E-state index contributed by atoms with van der Waals surface area (Å²) in [6.07, 6.45) is 3.32. The fraction of sp³-hybridized carbons (Fsp3) is 0.320. The van der Waals surface area contributed by atoms with Crippen molar-refractivity contribution in [1.82, 2.24) is 29.7 Å². The van der Waals surface area contributed by atoms with E-state index in [-0.39, 0.29) is 5.82 Å². The van der Waals surface area contributed by atoms with Gasteiger partial charge in [0.15, 0.2) is 0 Å². The van der Waals surface area contributed by atoms with Gasteiger partial charge in [0.2, 0.25) is 5.82 Å². The van der Waals surface area contributed by atoms with E-state index in [9.17, 15) is 4.39 Å². The van der Waals surface area contributed by atoms with E-state index in [1.165, 1.54) is 29.8 Å². The normalized spacial score (nSPS) is 17.1. The Balaban J connectivity index is 1.37. The summed E-state index contributed by atoms with van der Waals surface area (Å²) in [5.74, 6) is 1.17. The van der Waals surface area contributed by atoms with E-state index in [4.69, 9.17) is 0 Å². The van der Waals surface area contributed by atoms with E-state index in [0.29, 0.717) is 18.3 Å². The van der Waals surface area contributed by atoms with Crippen LogP contribution in [0.3, 0.4) is 0 Å². The van der Waals surface area contributed by atoms with Crippen LogP contribution in [0.15, 0.2) is 54.7 Å². The van der Waals surface area contributed by atoms with Crippen molar-refractivity contribution in [2.75, 3.05) is 38.6 Å². The molecule has 4 heterocycles. The van der Waals surface area contributed by atoms with Gasteiger partial charge in [-0.05, 0) is 84.4 Å². The van der Waals surface area contributed by atoms with Gasteiger partial charge in [-0.2, -0.15) is 4.68 Å². The molecule has 0 bridgehead atoms. The quantitative estimate of drug-likeness (QED) is 0.424.